The lowest BCUT2D eigenvalue weighted by molar-refractivity contribution is -0.137. The Labute approximate surface area is 160 Å². The highest BCUT2D eigenvalue weighted by atomic mass is 32.2. The summed E-state index contributed by atoms with van der Waals surface area (Å²) < 4.78 is 75.4. The lowest BCUT2D eigenvalue weighted by Crippen LogP contribution is -2.42. The summed E-state index contributed by atoms with van der Waals surface area (Å²) >= 11 is 0. The first-order valence-corrected chi connectivity index (χ1v) is 10.6. The lowest BCUT2D eigenvalue weighted by atomic mass is 9.96. The number of aromatic nitrogens is 1. The van der Waals surface area contributed by atoms with Gasteiger partial charge in [-0.3, -0.25) is 0 Å². The van der Waals surface area contributed by atoms with Gasteiger partial charge in [0, 0.05) is 18.9 Å². The number of nitrogens with zero attached hydrogens (tertiary/aromatic N) is 1. The van der Waals surface area contributed by atoms with Crippen molar-refractivity contribution in [1.29, 1.82) is 0 Å². The molecule has 2 aliphatic rings. The fraction of sp³-hybridized carbons (Fsp3) is 0.526. The zero-order chi connectivity index (χ0) is 20.2. The molecule has 2 aromatic rings. The van der Waals surface area contributed by atoms with Crippen LogP contribution in [0, 0.1) is 0 Å². The minimum atomic E-state index is -4.61. The van der Waals surface area contributed by atoms with Gasteiger partial charge in [0.25, 0.3) is 0 Å². The molecule has 5 nitrogen and oxygen atoms in total. The number of alkyl halides is 3. The van der Waals surface area contributed by atoms with Gasteiger partial charge in [-0.25, -0.2) is 13.4 Å². The summed E-state index contributed by atoms with van der Waals surface area (Å²) in [6, 6.07) is 3.88. The van der Waals surface area contributed by atoms with Gasteiger partial charge >= 0.3 is 6.18 Å². The average molecular weight is 415 g/mol. The molecule has 0 N–H and O–H groups in total. The Balaban J connectivity index is 1.62. The van der Waals surface area contributed by atoms with Crippen LogP contribution in [-0.4, -0.2) is 24.8 Å². The quantitative estimate of drug-likeness (QED) is 0.727. The standard InChI is InChI=1S/C19H20F3NO4S/c1-18(28(24,25)14-4-2-3-13(9-14)19(20,21)22)7-8-26-16(10-18)17-23-15(11-27-17)12-5-6-12/h2-4,9,11-12,16H,5-8,10H2,1H3/t16?,18-/m0/s1. The van der Waals surface area contributed by atoms with Gasteiger partial charge in [-0.2, -0.15) is 13.2 Å². The van der Waals surface area contributed by atoms with E-state index in [9.17, 15) is 21.6 Å². The number of rotatable bonds is 4. The summed E-state index contributed by atoms with van der Waals surface area (Å²) in [7, 11) is -4.03. The van der Waals surface area contributed by atoms with Crippen LogP contribution in [0.1, 0.15) is 61.8 Å². The molecule has 152 valence electrons. The predicted octanol–water partition coefficient (Wildman–Crippen LogP) is 4.65. The molecular weight excluding hydrogens is 395 g/mol. The highest BCUT2D eigenvalue weighted by molar-refractivity contribution is 7.92. The topological polar surface area (TPSA) is 69.4 Å². The number of halogens is 3. The second-order valence-electron chi connectivity index (χ2n) is 7.68. The normalized spacial score (nSPS) is 26.4. The molecule has 1 aromatic carbocycles. The van der Waals surface area contributed by atoms with Gasteiger partial charge < -0.3 is 9.15 Å². The van der Waals surface area contributed by atoms with Crippen molar-refractivity contribution in [3.05, 3.63) is 47.7 Å². The SMILES string of the molecule is C[C@]1(S(=O)(=O)c2cccc(C(F)(F)F)c2)CCOC(c2nc(C3CC3)co2)C1. The molecule has 0 spiro atoms. The second-order valence-corrected chi connectivity index (χ2v) is 10.1. The Kier molecular flexibility index (Phi) is 4.58. The first-order valence-electron chi connectivity index (χ1n) is 9.09. The van der Waals surface area contributed by atoms with Crippen LogP contribution in [0.25, 0.3) is 0 Å². The highest BCUT2D eigenvalue weighted by Gasteiger charge is 2.47. The van der Waals surface area contributed by atoms with Crippen LogP contribution in [0.5, 0.6) is 0 Å². The fourth-order valence-corrected chi connectivity index (χ4v) is 5.34. The molecule has 0 amide bonds. The summed E-state index contributed by atoms with van der Waals surface area (Å²) in [5, 5.41) is 0. The number of sulfone groups is 1. The molecule has 28 heavy (non-hydrogen) atoms. The summed E-state index contributed by atoms with van der Waals surface area (Å²) in [6.07, 6.45) is -1.33. The molecule has 9 heteroatoms. The van der Waals surface area contributed by atoms with E-state index in [1.165, 1.54) is 6.07 Å². The Hall–Kier alpha value is -1.87. The maximum Gasteiger partial charge on any atom is 0.416 e. The van der Waals surface area contributed by atoms with Crippen molar-refractivity contribution in [2.45, 2.75) is 60.4 Å². The largest absolute Gasteiger partial charge is 0.446 e. The van der Waals surface area contributed by atoms with Gasteiger partial charge in [-0.15, -0.1) is 0 Å². The number of oxazole rings is 1. The molecular formula is C19H20F3NO4S. The number of benzene rings is 1. The molecule has 1 saturated heterocycles. The second kappa shape index (κ2) is 6.59. The van der Waals surface area contributed by atoms with Crippen LogP contribution >= 0.6 is 0 Å². The van der Waals surface area contributed by atoms with Crippen molar-refractivity contribution in [3.8, 4) is 0 Å². The van der Waals surface area contributed by atoms with Crippen molar-refractivity contribution in [2.24, 2.45) is 0 Å². The van der Waals surface area contributed by atoms with Crippen molar-refractivity contribution in [3.63, 3.8) is 0 Å². The van der Waals surface area contributed by atoms with Crippen LogP contribution in [0.3, 0.4) is 0 Å². The van der Waals surface area contributed by atoms with E-state index in [0.29, 0.717) is 17.9 Å². The van der Waals surface area contributed by atoms with Crippen molar-refractivity contribution >= 4 is 9.84 Å². The van der Waals surface area contributed by atoms with Crippen molar-refractivity contribution < 1.29 is 30.7 Å². The van der Waals surface area contributed by atoms with Crippen LogP contribution < -0.4 is 0 Å². The molecule has 1 saturated carbocycles. The van der Waals surface area contributed by atoms with Crippen molar-refractivity contribution in [2.75, 3.05) is 6.61 Å². The third kappa shape index (κ3) is 3.45. The first-order chi connectivity index (χ1) is 13.1. The van der Waals surface area contributed by atoms with Gasteiger partial charge in [-0.05, 0) is 44.4 Å². The molecule has 4 rings (SSSR count). The summed E-state index contributed by atoms with van der Waals surface area (Å²) in [4.78, 5) is 4.09. The summed E-state index contributed by atoms with van der Waals surface area (Å²) in [6.45, 7) is 1.70. The smallest absolute Gasteiger partial charge is 0.416 e. The number of hydrogen-bond donors (Lipinski definition) is 0. The summed E-state index contributed by atoms with van der Waals surface area (Å²) in [5.41, 5.74) is -0.144. The van der Waals surface area contributed by atoms with Crippen LogP contribution in [0.4, 0.5) is 13.2 Å². The minimum absolute atomic E-state index is 0.0657. The molecule has 2 heterocycles. The van der Waals surface area contributed by atoms with E-state index >= 15 is 0 Å². The van der Waals surface area contributed by atoms with Crippen LogP contribution in [0.2, 0.25) is 0 Å². The van der Waals surface area contributed by atoms with Gasteiger partial charge in [0.05, 0.1) is 20.9 Å². The van der Waals surface area contributed by atoms with E-state index in [1.807, 2.05) is 0 Å². The fourth-order valence-electron chi connectivity index (χ4n) is 3.51. The molecule has 1 aliphatic heterocycles. The average Bonchev–Trinajstić information content (AvgIpc) is 3.38. The maximum absolute atomic E-state index is 13.2. The Morgan fingerprint density at radius 1 is 1.25 bits per heavy atom. The first kappa shape index (κ1) is 19.4. The Morgan fingerprint density at radius 3 is 2.68 bits per heavy atom. The Bertz CT molecular complexity index is 981. The molecule has 1 aliphatic carbocycles. The van der Waals surface area contributed by atoms with E-state index in [2.05, 4.69) is 4.98 Å². The zero-order valence-corrected chi connectivity index (χ0v) is 16.0. The Morgan fingerprint density at radius 2 is 2.00 bits per heavy atom. The monoisotopic (exact) mass is 415 g/mol. The van der Waals surface area contributed by atoms with Gasteiger partial charge in [0.2, 0.25) is 5.89 Å². The van der Waals surface area contributed by atoms with E-state index < -0.39 is 32.4 Å². The molecule has 1 aromatic heterocycles. The molecule has 2 fully saturated rings. The predicted molar refractivity (Wildman–Crippen MR) is 93.4 cm³/mol. The molecule has 2 atom stereocenters. The van der Waals surface area contributed by atoms with E-state index in [1.54, 1.807) is 13.2 Å². The van der Waals surface area contributed by atoms with E-state index in [-0.39, 0.29) is 24.3 Å². The third-order valence-electron chi connectivity index (χ3n) is 5.50. The van der Waals surface area contributed by atoms with E-state index in [0.717, 1.165) is 30.7 Å². The van der Waals surface area contributed by atoms with Crippen LogP contribution in [0.15, 0.2) is 39.8 Å². The lowest BCUT2D eigenvalue weighted by Gasteiger charge is -2.36. The molecule has 1 unspecified atom stereocenters. The van der Waals surface area contributed by atoms with Gasteiger partial charge in [0.1, 0.15) is 12.4 Å². The number of hydrogen-bond acceptors (Lipinski definition) is 5. The van der Waals surface area contributed by atoms with E-state index in [4.69, 9.17) is 9.15 Å². The molecule has 0 radical (unpaired) electrons. The van der Waals surface area contributed by atoms with Crippen LogP contribution in [-0.2, 0) is 20.8 Å². The third-order valence-corrected chi connectivity index (χ3v) is 8.04. The maximum atomic E-state index is 13.2. The number of ether oxygens (including phenoxy) is 1. The minimum Gasteiger partial charge on any atom is -0.446 e. The van der Waals surface area contributed by atoms with Gasteiger partial charge in [-0.1, -0.05) is 6.07 Å². The summed E-state index contributed by atoms with van der Waals surface area (Å²) in [5.74, 6) is 0.716. The van der Waals surface area contributed by atoms with Gasteiger partial charge in [0.15, 0.2) is 9.84 Å². The highest BCUT2D eigenvalue weighted by Crippen LogP contribution is 2.44. The molecule has 0 bridgehead atoms. The van der Waals surface area contributed by atoms with Crippen molar-refractivity contribution in [1.82, 2.24) is 4.98 Å². The zero-order valence-electron chi connectivity index (χ0n) is 15.2.